The lowest BCUT2D eigenvalue weighted by Crippen LogP contribution is -1.95. The van der Waals surface area contributed by atoms with Gasteiger partial charge in [-0.3, -0.25) is 10.1 Å². The van der Waals surface area contributed by atoms with E-state index in [1.165, 1.54) is 6.07 Å². The summed E-state index contributed by atoms with van der Waals surface area (Å²) < 4.78 is 0. The molecule has 0 fully saturated rings. The van der Waals surface area contributed by atoms with Crippen LogP contribution in [0.4, 0.5) is 5.69 Å². The summed E-state index contributed by atoms with van der Waals surface area (Å²) in [5.74, 6) is 0.476. The maximum atomic E-state index is 11.1. The van der Waals surface area contributed by atoms with Crippen molar-refractivity contribution in [3.8, 4) is 22.6 Å². The van der Waals surface area contributed by atoms with Crippen LogP contribution in [0.1, 0.15) is 5.56 Å². The van der Waals surface area contributed by atoms with E-state index in [-0.39, 0.29) is 10.6 Å². The SMILES string of the molecule is Cc1ccc(-c2nccc(-c3ccccc3)n2)cc1[N+](=O)[O-]. The van der Waals surface area contributed by atoms with Gasteiger partial charge < -0.3 is 0 Å². The first kappa shape index (κ1) is 13.9. The summed E-state index contributed by atoms with van der Waals surface area (Å²) in [6.45, 7) is 1.71. The van der Waals surface area contributed by atoms with Crippen LogP contribution in [0.5, 0.6) is 0 Å². The average molecular weight is 291 g/mol. The Morgan fingerprint density at radius 3 is 2.50 bits per heavy atom. The fourth-order valence-corrected chi connectivity index (χ4v) is 2.21. The molecule has 22 heavy (non-hydrogen) atoms. The molecule has 0 aliphatic rings. The molecule has 0 N–H and O–H groups in total. The van der Waals surface area contributed by atoms with Gasteiger partial charge in [-0.05, 0) is 13.0 Å². The Labute approximate surface area is 127 Å². The molecule has 0 aliphatic carbocycles. The van der Waals surface area contributed by atoms with Crippen molar-refractivity contribution in [3.63, 3.8) is 0 Å². The summed E-state index contributed by atoms with van der Waals surface area (Å²) in [7, 11) is 0. The molecule has 1 heterocycles. The van der Waals surface area contributed by atoms with Crippen LogP contribution >= 0.6 is 0 Å². The minimum Gasteiger partial charge on any atom is -0.258 e. The van der Waals surface area contributed by atoms with Crippen molar-refractivity contribution in [2.75, 3.05) is 0 Å². The monoisotopic (exact) mass is 291 g/mol. The summed E-state index contributed by atoms with van der Waals surface area (Å²) >= 11 is 0. The van der Waals surface area contributed by atoms with Crippen LogP contribution in [0.25, 0.3) is 22.6 Å². The molecule has 0 radical (unpaired) electrons. The Bertz CT molecular complexity index is 832. The molecule has 0 amide bonds. The van der Waals surface area contributed by atoms with Gasteiger partial charge in [-0.1, -0.05) is 42.5 Å². The number of aromatic nitrogens is 2. The molecule has 0 unspecified atom stereocenters. The Kier molecular flexibility index (Phi) is 3.62. The molecule has 0 spiro atoms. The Balaban J connectivity index is 2.06. The number of hydrogen-bond acceptors (Lipinski definition) is 4. The third-order valence-electron chi connectivity index (χ3n) is 3.39. The van der Waals surface area contributed by atoms with Gasteiger partial charge in [0.25, 0.3) is 5.69 Å². The summed E-state index contributed by atoms with van der Waals surface area (Å²) in [5, 5.41) is 11.1. The molecule has 3 aromatic rings. The standard InChI is InChI=1S/C17H13N3O2/c1-12-7-8-14(11-16(12)20(21)22)17-18-10-9-15(19-17)13-5-3-2-4-6-13/h2-11H,1H3. The normalized spacial score (nSPS) is 10.4. The molecular weight excluding hydrogens is 278 g/mol. The van der Waals surface area contributed by atoms with E-state index in [9.17, 15) is 10.1 Å². The van der Waals surface area contributed by atoms with Gasteiger partial charge in [-0.15, -0.1) is 0 Å². The van der Waals surface area contributed by atoms with Crippen molar-refractivity contribution >= 4 is 5.69 Å². The molecule has 1 aromatic heterocycles. The molecule has 0 atom stereocenters. The number of nitrogens with zero attached hydrogens (tertiary/aromatic N) is 3. The first-order chi connectivity index (χ1) is 10.6. The van der Waals surface area contributed by atoms with Gasteiger partial charge in [0, 0.05) is 29.0 Å². The summed E-state index contributed by atoms with van der Waals surface area (Å²) in [6.07, 6.45) is 1.66. The van der Waals surface area contributed by atoms with E-state index in [1.54, 1.807) is 25.3 Å². The summed E-state index contributed by atoms with van der Waals surface area (Å²) in [6, 6.07) is 16.6. The minimum atomic E-state index is -0.389. The predicted octanol–water partition coefficient (Wildman–Crippen LogP) is 4.03. The van der Waals surface area contributed by atoms with Crippen LogP contribution < -0.4 is 0 Å². The third-order valence-corrected chi connectivity index (χ3v) is 3.39. The number of nitro groups is 1. The molecule has 2 aromatic carbocycles. The second kappa shape index (κ2) is 5.73. The first-order valence-corrected chi connectivity index (χ1v) is 6.79. The van der Waals surface area contributed by atoms with Crippen LogP contribution in [-0.4, -0.2) is 14.9 Å². The zero-order valence-electron chi connectivity index (χ0n) is 11.9. The third kappa shape index (κ3) is 2.69. The van der Waals surface area contributed by atoms with Crippen LogP contribution in [-0.2, 0) is 0 Å². The van der Waals surface area contributed by atoms with E-state index in [0.717, 1.165) is 11.3 Å². The highest BCUT2D eigenvalue weighted by atomic mass is 16.6. The van der Waals surface area contributed by atoms with Crippen LogP contribution in [0.2, 0.25) is 0 Å². The lowest BCUT2D eigenvalue weighted by molar-refractivity contribution is -0.385. The van der Waals surface area contributed by atoms with Gasteiger partial charge in [0.2, 0.25) is 0 Å². The fourth-order valence-electron chi connectivity index (χ4n) is 2.21. The molecule has 5 heteroatoms. The van der Waals surface area contributed by atoms with Gasteiger partial charge in [-0.2, -0.15) is 0 Å². The second-order valence-corrected chi connectivity index (χ2v) is 4.89. The highest BCUT2D eigenvalue weighted by Crippen LogP contribution is 2.26. The molecule has 0 saturated carbocycles. The van der Waals surface area contributed by atoms with E-state index in [1.807, 2.05) is 36.4 Å². The minimum absolute atomic E-state index is 0.0752. The fraction of sp³-hybridized carbons (Fsp3) is 0.0588. The molecule has 3 rings (SSSR count). The van der Waals surface area contributed by atoms with Crippen molar-refractivity contribution in [1.29, 1.82) is 0 Å². The van der Waals surface area contributed by atoms with Crippen molar-refractivity contribution < 1.29 is 4.92 Å². The Hall–Kier alpha value is -3.08. The van der Waals surface area contributed by atoms with Gasteiger partial charge in [0.1, 0.15) is 0 Å². The lowest BCUT2D eigenvalue weighted by Gasteiger charge is -2.05. The van der Waals surface area contributed by atoms with E-state index in [0.29, 0.717) is 17.0 Å². The second-order valence-electron chi connectivity index (χ2n) is 4.89. The Morgan fingerprint density at radius 1 is 1.00 bits per heavy atom. The predicted molar refractivity (Wildman–Crippen MR) is 84.3 cm³/mol. The van der Waals surface area contributed by atoms with Crippen LogP contribution in [0.15, 0.2) is 60.8 Å². The summed E-state index contributed by atoms with van der Waals surface area (Å²) in [5.41, 5.74) is 3.09. The van der Waals surface area contributed by atoms with Gasteiger partial charge >= 0.3 is 0 Å². The van der Waals surface area contributed by atoms with Crippen molar-refractivity contribution in [2.45, 2.75) is 6.92 Å². The number of nitro benzene ring substituents is 1. The van der Waals surface area contributed by atoms with Crippen molar-refractivity contribution in [1.82, 2.24) is 9.97 Å². The molecular formula is C17H13N3O2. The summed E-state index contributed by atoms with van der Waals surface area (Å²) in [4.78, 5) is 19.4. The van der Waals surface area contributed by atoms with Gasteiger partial charge in [-0.25, -0.2) is 9.97 Å². The van der Waals surface area contributed by atoms with Gasteiger partial charge in [0.15, 0.2) is 5.82 Å². The lowest BCUT2D eigenvalue weighted by atomic mass is 10.1. The van der Waals surface area contributed by atoms with Crippen molar-refractivity contribution in [2.24, 2.45) is 0 Å². The number of aryl methyl sites for hydroxylation is 1. The molecule has 0 bridgehead atoms. The average Bonchev–Trinajstić information content (AvgIpc) is 2.56. The van der Waals surface area contributed by atoms with Crippen LogP contribution in [0.3, 0.4) is 0 Å². The van der Waals surface area contributed by atoms with E-state index >= 15 is 0 Å². The number of hydrogen-bond donors (Lipinski definition) is 0. The van der Waals surface area contributed by atoms with Gasteiger partial charge in [0.05, 0.1) is 10.6 Å². The number of rotatable bonds is 3. The molecule has 0 saturated heterocycles. The topological polar surface area (TPSA) is 68.9 Å². The van der Waals surface area contributed by atoms with E-state index < -0.39 is 0 Å². The zero-order valence-corrected chi connectivity index (χ0v) is 11.9. The van der Waals surface area contributed by atoms with E-state index in [2.05, 4.69) is 9.97 Å². The highest BCUT2D eigenvalue weighted by molar-refractivity contribution is 5.65. The largest absolute Gasteiger partial charge is 0.273 e. The maximum absolute atomic E-state index is 11.1. The molecule has 108 valence electrons. The zero-order chi connectivity index (χ0) is 15.5. The van der Waals surface area contributed by atoms with E-state index in [4.69, 9.17) is 0 Å². The smallest absolute Gasteiger partial charge is 0.258 e. The first-order valence-electron chi connectivity index (χ1n) is 6.79. The van der Waals surface area contributed by atoms with Crippen molar-refractivity contribution in [3.05, 3.63) is 76.5 Å². The quantitative estimate of drug-likeness (QED) is 0.539. The van der Waals surface area contributed by atoms with Crippen LogP contribution in [0, 0.1) is 17.0 Å². The highest BCUT2D eigenvalue weighted by Gasteiger charge is 2.13. The maximum Gasteiger partial charge on any atom is 0.273 e. The molecule has 0 aliphatic heterocycles. The number of benzene rings is 2. The molecule has 5 nitrogen and oxygen atoms in total. The Morgan fingerprint density at radius 2 is 1.77 bits per heavy atom.